The van der Waals surface area contributed by atoms with Crippen LogP contribution in [0.4, 0.5) is 5.69 Å². The molecule has 0 unspecified atom stereocenters. The van der Waals surface area contributed by atoms with Gasteiger partial charge in [0.1, 0.15) is 5.01 Å². The molecule has 3 rings (SSSR count). The molecule has 0 radical (unpaired) electrons. The van der Waals surface area contributed by atoms with E-state index in [9.17, 15) is 10.1 Å². The number of nitrogens with zero attached hydrogens (tertiary/aromatic N) is 2. The zero-order chi connectivity index (χ0) is 17.8. The Bertz CT molecular complexity index is 949. The number of benzene rings is 2. The second kappa shape index (κ2) is 7.31. The Hall–Kier alpha value is -2.93. The van der Waals surface area contributed by atoms with Gasteiger partial charge in [-0.3, -0.25) is 10.1 Å². The first-order valence-corrected chi connectivity index (χ1v) is 8.47. The van der Waals surface area contributed by atoms with E-state index >= 15 is 0 Å². The fraction of sp³-hybridized carbons (Fsp3) is 0.167. The van der Waals surface area contributed by atoms with Crippen molar-refractivity contribution in [3.05, 3.63) is 57.1 Å². The quantitative estimate of drug-likeness (QED) is 0.469. The van der Waals surface area contributed by atoms with Gasteiger partial charge in [-0.25, -0.2) is 4.98 Å². The van der Waals surface area contributed by atoms with Gasteiger partial charge in [0.2, 0.25) is 0 Å². The molecule has 0 aliphatic heterocycles. The number of non-ortho nitro benzene ring substituents is 1. The van der Waals surface area contributed by atoms with Crippen LogP contribution in [-0.4, -0.2) is 23.6 Å². The van der Waals surface area contributed by atoms with Crippen molar-refractivity contribution >= 4 is 39.4 Å². The van der Waals surface area contributed by atoms with E-state index in [0.29, 0.717) is 23.6 Å². The van der Waals surface area contributed by atoms with Crippen LogP contribution in [0.3, 0.4) is 0 Å². The molecule has 0 saturated carbocycles. The van der Waals surface area contributed by atoms with Gasteiger partial charge in [0.25, 0.3) is 5.69 Å². The van der Waals surface area contributed by atoms with Crippen molar-refractivity contribution in [3.8, 4) is 11.5 Å². The number of nitro groups is 1. The highest BCUT2D eigenvalue weighted by Gasteiger charge is 2.10. The summed E-state index contributed by atoms with van der Waals surface area (Å²) < 4.78 is 11.9. The van der Waals surface area contributed by atoms with Gasteiger partial charge in [0, 0.05) is 17.7 Å². The molecular weight excluding hydrogens is 340 g/mol. The van der Waals surface area contributed by atoms with E-state index in [1.165, 1.54) is 23.5 Å². The van der Waals surface area contributed by atoms with E-state index < -0.39 is 4.92 Å². The molecule has 0 aliphatic rings. The molecule has 0 aliphatic carbocycles. The van der Waals surface area contributed by atoms with Crippen LogP contribution in [0.25, 0.3) is 22.4 Å². The first-order valence-electron chi connectivity index (χ1n) is 7.65. The predicted molar refractivity (Wildman–Crippen MR) is 99.4 cm³/mol. The Kier molecular flexibility index (Phi) is 4.95. The normalized spacial score (nSPS) is 11.1. The second-order valence-electron chi connectivity index (χ2n) is 5.11. The van der Waals surface area contributed by atoms with Gasteiger partial charge in [0.05, 0.1) is 28.9 Å². The molecule has 1 aromatic heterocycles. The topological polar surface area (TPSA) is 74.5 Å². The molecule has 1 heterocycles. The number of ether oxygens (including phenoxy) is 2. The van der Waals surface area contributed by atoms with E-state index in [-0.39, 0.29) is 5.69 Å². The van der Waals surface area contributed by atoms with Crippen LogP contribution in [0.5, 0.6) is 11.5 Å². The SMILES string of the molecule is CCOc1cccc(/C=C/c2nc3cc([N+](=O)[O-])ccc3s2)c1OC. The number of rotatable bonds is 6. The summed E-state index contributed by atoms with van der Waals surface area (Å²) in [5.74, 6) is 1.35. The Labute approximate surface area is 148 Å². The molecule has 2 aromatic carbocycles. The molecule has 6 nitrogen and oxygen atoms in total. The number of hydrogen-bond acceptors (Lipinski definition) is 6. The molecule has 0 spiro atoms. The molecule has 0 atom stereocenters. The largest absolute Gasteiger partial charge is 0.492 e. The first kappa shape index (κ1) is 16.9. The maximum atomic E-state index is 10.9. The lowest BCUT2D eigenvalue weighted by Gasteiger charge is -2.11. The molecule has 0 fully saturated rings. The van der Waals surface area contributed by atoms with Gasteiger partial charge in [-0.1, -0.05) is 12.1 Å². The number of aromatic nitrogens is 1. The monoisotopic (exact) mass is 356 g/mol. The number of methoxy groups -OCH3 is 1. The molecular formula is C18H16N2O4S. The number of para-hydroxylation sites is 1. The van der Waals surface area contributed by atoms with Crippen LogP contribution in [-0.2, 0) is 0 Å². The van der Waals surface area contributed by atoms with Crippen molar-refractivity contribution in [3.63, 3.8) is 0 Å². The smallest absolute Gasteiger partial charge is 0.271 e. The third-order valence-corrected chi connectivity index (χ3v) is 4.52. The van der Waals surface area contributed by atoms with Crippen LogP contribution in [0.15, 0.2) is 36.4 Å². The summed E-state index contributed by atoms with van der Waals surface area (Å²) in [7, 11) is 1.60. The van der Waals surface area contributed by atoms with Crippen molar-refractivity contribution in [1.82, 2.24) is 4.98 Å². The van der Waals surface area contributed by atoms with Gasteiger partial charge in [-0.2, -0.15) is 0 Å². The van der Waals surface area contributed by atoms with E-state index in [2.05, 4.69) is 4.98 Å². The molecule has 0 saturated heterocycles. The summed E-state index contributed by atoms with van der Waals surface area (Å²) in [6.07, 6.45) is 3.76. The predicted octanol–water partition coefficient (Wildman–Crippen LogP) is 4.78. The van der Waals surface area contributed by atoms with Gasteiger partial charge >= 0.3 is 0 Å². The third kappa shape index (κ3) is 3.61. The average molecular weight is 356 g/mol. The van der Waals surface area contributed by atoms with Crippen molar-refractivity contribution in [1.29, 1.82) is 0 Å². The summed E-state index contributed by atoms with van der Waals surface area (Å²) in [6.45, 7) is 2.47. The Morgan fingerprint density at radius 3 is 2.84 bits per heavy atom. The number of thiazole rings is 1. The summed E-state index contributed by atoms with van der Waals surface area (Å²) >= 11 is 1.47. The highest BCUT2D eigenvalue weighted by atomic mass is 32.1. The van der Waals surface area contributed by atoms with Crippen molar-refractivity contribution < 1.29 is 14.4 Å². The zero-order valence-corrected chi connectivity index (χ0v) is 14.6. The third-order valence-electron chi connectivity index (χ3n) is 3.52. The highest BCUT2D eigenvalue weighted by molar-refractivity contribution is 7.19. The average Bonchev–Trinajstić information content (AvgIpc) is 3.02. The van der Waals surface area contributed by atoms with Gasteiger partial charge in [0.15, 0.2) is 11.5 Å². The van der Waals surface area contributed by atoms with Crippen LogP contribution >= 0.6 is 11.3 Å². The summed E-state index contributed by atoms with van der Waals surface area (Å²) in [5.41, 5.74) is 1.53. The van der Waals surface area contributed by atoms with Crippen molar-refractivity contribution in [2.45, 2.75) is 6.92 Å². The maximum absolute atomic E-state index is 10.9. The molecule has 128 valence electrons. The fourth-order valence-electron chi connectivity index (χ4n) is 2.43. The lowest BCUT2D eigenvalue weighted by molar-refractivity contribution is -0.384. The molecule has 0 amide bonds. The maximum Gasteiger partial charge on any atom is 0.271 e. The lowest BCUT2D eigenvalue weighted by Crippen LogP contribution is -1.96. The minimum atomic E-state index is -0.418. The lowest BCUT2D eigenvalue weighted by atomic mass is 10.1. The number of fused-ring (bicyclic) bond motifs is 1. The zero-order valence-electron chi connectivity index (χ0n) is 13.8. The van der Waals surface area contributed by atoms with E-state index in [1.54, 1.807) is 13.2 Å². The molecule has 0 bridgehead atoms. The summed E-state index contributed by atoms with van der Waals surface area (Å²) in [6, 6.07) is 10.4. The molecule has 0 N–H and O–H groups in total. The Morgan fingerprint density at radius 2 is 2.12 bits per heavy atom. The standard InChI is InChI=1S/C18H16N2O4S/c1-3-24-15-6-4-5-12(18(15)23-2)7-10-17-19-14-11-13(20(21)22)8-9-16(14)25-17/h4-11H,3H2,1-2H3/b10-7+. The van der Waals surface area contributed by atoms with Crippen LogP contribution in [0.2, 0.25) is 0 Å². The molecule has 7 heteroatoms. The van der Waals surface area contributed by atoms with Crippen LogP contribution in [0.1, 0.15) is 17.5 Å². The Balaban J connectivity index is 1.93. The van der Waals surface area contributed by atoms with Gasteiger partial charge < -0.3 is 9.47 Å². The van der Waals surface area contributed by atoms with Gasteiger partial charge in [-0.05, 0) is 31.2 Å². The number of nitro benzene ring substituents is 1. The minimum Gasteiger partial charge on any atom is -0.492 e. The van der Waals surface area contributed by atoms with Gasteiger partial charge in [-0.15, -0.1) is 11.3 Å². The van der Waals surface area contributed by atoms with E-state index in [4.69, 9.17) is 9.47 Å². The summed E-state index contributed by atoms with van der Waals surface area (Å²) in [5, 5.41) is 11.6. The number of hydrogen-bond donors (Lipinski definition) is 0. The van der Waals surface area contributed by atoms with Crippen LogP contribution < -0.4 is 9.47 Å². The highest BCUT2D eigenvalue weighted by Crippen LogP contribution is 2.33. The van der Waals surface area contributed by atoms with Crippen LogP contribution in [0, 0.1) is 10.1 Å². The van der Waals surface area contributed by atoms with E-state index in [1.807, 2.05) is 37.3 Å². The van der Waals surface area contributed by atoms with Crippen molar-refractivity contribution in [2.75, 3.05) is 13.7 Å². The Morgan fingerprint density at radius 1 is 1.28 bits per heavy atom. The first-order chi connectivity index (χ1) is 12.1. The second-order valence-corrected chi connectivity index (χ2v) is 6.17. The van der Waals surface area contributed by atoms with E-state index in [0.717, 1.165) is 15.3 Å². The fourth-order valence-corrected chi connectivity index (χ4v) is 3.28. The molecule has 3 aromatic rings. The minimum absolute atomic E-state index is 0.0411. The molecule has 25 heavy (non-hydrogen) atoms. The van der Waals surface area contributed by atoms with Crippen molar-refractivity contribution in [2.24, 2.45) is 0 Å². The summed E-state index contributed by atoms with van der Waals surface area (Å²) in [4.78, 5) is 14.9.